The van der Waals surface area contributed by atoms with Crippen LogP contribution in [-0.4, -0.2) is 66.5 Å². The minimum atomic E-state index is -0.921. The van der Waals surface area contributed by atoms with Crippen molar-refractivity contribution in [2.24, 2.45) is 11.8 Å². The third-order valence-corrected chi connectivity index (χ3v) is 12.6. The van der Waals surface area contributed by atoms with Crippen molar-refractivity contribution in [3.63, 3.8) is 0 Å². The number of hydrogen-bond acceptors (Lipinski definition) is 14. The lowest BCUT2D eigenvalue weighted by Crippen LogP contribution is -2.44. The highest BCUT2D eigenvalue weighted by Crippen LogP contribution is 2.35. The van der Waals surface area contributed by atoms with Gasteiger partial charge in [-0.2, -0.15) is 0 Å². The van der Waals surface area contributed by atoms with Crippen LogP contribution in [0.25, 0.3) is 11.4 Å². The molecule has 0 spiro atoms. The molecule has 0 radical (unpaired) electrons. The van der Waals surface area contributed by atoms with E-state index in [0.29, 0.717) is 26.4 Å². The van der Waals surface area contributed by atoms with Crippen molar-refractivity contribution in [3.05, 3.63) is 208 Å². The van der Waals surface area contributed by atoms with Gasteiger partial charge in [-0.3, -0.25) is 28.3 Å². The molecule has 0 bridgehead atoms. The molecule has 2 saturated heterocycles. The number of nitrogen functional groups attached to an aromatic ring is 2. The van der Waals surface area contributed by atoms with E-state index in [1.807, 2.05) is 0 Å². The van der Waals surface area contributed by atoms with Crippen LogP contribution in [0.2, 0.25) is 10.0 Å². The molecular weight excluding hydrogens is 1070 g/mol. The number of halogens is 6. The van der Waals surface area contributed by atoms with Crippen molar-refractivity contribution in [1.82, 2.24) is 28.2 Å². The molecule has 6 heterocycles. The average molecular weight is 1110 g/mol. The lowest BCUT2D eigenvalue weighted by Gasteiger charge is -2.26. The fourth-order valence-corrected chi connectivity index (χ4v) is 8.05. The van der Waals surface area contributed by atoms with Crippen molar-refractivity contribution >= 4 is 58.0 Å². The fourth-order valence-electron chi connectivity index (χ4n) is 7.75. The van der Waals surface area contributed by atoms with Gasteiger partial charge in [-0.05, 0) is 72.8 Å². The predicted molar refractivity (Wildman–Crippen MR) is 277 cm³/mol. The number of nitrogens with one attached hydrogen (secondary N) is 2. The molecule has 400 valence electrons. The maximum Gasteiger partial charge on any atom is 0.335 e. The first-order valence-electron chi connectivity index (χ1n) is 23.2. The fraction of sp³-hybridized carbons (Fsp3) is 0.154. The Balaban J connectivity index is 0.000000190. The molecule has 2 fully saturated rings. The Bertz CT molecular complexity index is 3620. The number of nitrogens with two attached hydrogens (primary N) is 2. The summed E-state index contributed by atoms with van der Waals surface area (Å²) in [5.74, 6) is -4.73. The third-order valence-electron chi connectivity index (χ3n) is 11.9. The zero-order valence-electron chi connectivity index (χ0n) is 40.1. The number of carbonyl (C=O) groups is 2. The molecule has 10 rings (SSSR count). The van der Waals surface area contributed by atoms with Crippen LogP contribution in [-0.2, 0) is 22.6 Å². The number of ether oxygens (including phenoxy) is 4. The first-order valence-corrected chi connectivity index (χ1v) is 24.0. The summed E-state index contributed by atoms with van der Waals surface area (Å²) in [4.78, 5) is 86.7. The topological polar surface area (TPSA) is 261 Å². The van der Waals surface area contributed by atoms with E-state index >= 15 is 0 Å². The maximum absolute atomic E-state index is 14.8. The highest BCUT2D eigenvalue weighted by Gasteiger charge is 2.26. The molecule has 2 aliphatic rings. The number of rotatable bonds is 14. The lowest BCUT2D eigenvalue weighted by atomic mass is 10.1. The van der Waals surface area contributed by atoms with E-state index in [1.54, 1.807) is 0 Å². The van der Waals surface area contributed by atoms with Crippen LogP contribution in [0.15, 0.2) is 141 Å². The molecule has 4 aromatic heterocycles. The summed E-state index contributed by atoms with van der Waals surface area (Å²) in [5, 5.41) is 4.95. The second kappa shape index (κ2) is 23.0. The number of aromatic nitrogens is 6. The summed E-state index contributed by atoms with van der Waals surface area (Å²) >= 11 is 12.1. The monoisotopic (exact) mass is 1110 g/mol. The highest BCUT2D eigenvalue weighted by molar-refractivity contribution is 6.34. The van der Waals surface area contributed by atoms with Crippen LogP contribution in [0, 0.1) is 35.1 Å². The molecule has 0 unspecified atom stereocenters. The van der Waals surface area contributed by atoms with Gasteiger partial charge in [-0.15, -0.1) is 0 Å². The van der Waals surface area contributed by atoms with Crippen LogP contribution in [0.5, 0.6) is 23.0 Å². The predicted octanol–water partition coefficient (Wildman–Crippen LogP) is 7.20. The van der Waals surface area contributed by atoms with Crippen molar-refractivity contribution in [1.29, 1.82) is 0 Å². The van der Waals surface area contributed by atoms with E-state index < -0.39 is 57.6 Å². The molecule has 2 aliphatic heterocycles. The standard InChI is InChI=1S/2C26H20ClF2N5O5/c2*27-22-21(7-8-31-23(22)30)39-20-6-3-16(9-19(20)29)32-24(35)18-11-33(10-14-12-38-13-14)26(37)34(25(18)36)17-4-1-15(28)2-5-17/h2*1-9,11,14H,10,12-13H2,(H2,30,31)(H,32,35). The van der Waals surface area contributed by atoms with Gasteiger partial charge >= 0.3 is 11.4 Å². The van der Waals surface area contributed by atoms with Gasteiger partial charge < -0.3 is 41.0 Å². The summed E-state index contributed by atoms with van der Waals surface area (Å²) in [5.41, 5.74) is 7.49. The SMILES string of the molecule is Nc1nccc(Oc2ccc(NC(=O)c3cn(CC4COC4)c(=O)n(-c4ccc(F)cc4)c3=O)cc2F)c1Cl.Nc1nccc(Oc2ccc(NC(=O)c3cn(CC4COC4)c(=O)n(-c4ccc(F)cc4)c3=O)cc2F)c1Cl. The Morgan fingerprint density at radius 1 is 0.564 bits per heavy atom. The van der Waals surface area contributed by atoms with Gasteiger partial charge in [-0.25, -0.2) is 46.3 Å². The van der Waals surface area contributed by atoms with E-state index in [-0.39, 0.29) is 103 Å². The number of nitrogens with zero attached hydrogens (tertiary/aromatic N) is 6. The minimum absolute atomic E-state index is 0.00954. The molecule has 0 atom stereocenters. The summed E-state index contributed by atoms with van der Waals surface area (Å²) in [7, 11) is 0. The highest BCUT2D eigenvalue weighted by atomic mass is 35.5. The lowest BCUT2D eigenvalue weighted by molar-refractivity contribution is -0.0400. The zero-order chi connectivity index (χ0) is 55.4. The largest absolute Gasteiger partial charge is 0.453 e. The van der Waals surface area contributed by atoms with E-state index in [0.717, 1.165) is 57.9 Å². The first kappa shape index (κ1) is 53.7. The molecule has 2 amide bonds. The molecule has 20 nitrogen and oxygen atoms in total. The number of benzene rings is 4. The smallest absolute Gasteiger partial charge is 0.335 e. The van der Waals surface area contributed by atoms with Crippen LogP contribution in [0.3, 0.4) is 0 Å². The van der Waals surface area contributed by atoms with Gasteiger partial charge in [0.05, 0.1) is 37.8 Å². The maximum atomic E-state index is 14.8. The normalized spacial score (nSPS) is 13.1. The van der Waals surface area contributed by atoms with Gasteiger partial charge in [0, 0.05) is 85.4 Å². The minimum Gasteiger partial charge on any atom is -0.453 e. The van der Waals surface area contributed by atoms with Gasteiger partial charge in [0.1, 0.15) is 44.4 Å². The van der Waals surface area contributed by atoms with Gasteiger partial charge in [0.2, 0.25) is 0 Å². The summed E-state index contributed by atoms with van der Waals surface area (Å²) < 4.78 is 81.9. The Morgan fingerprint density at radius 2 is 0.936 bits per heavy atom. The average Bonchev–Trinajstić information content (AvgIpc) is 3.42. The van der Waals surface area contributed by atoms with E-state index in [9.17, 15) is 46.3 Å². The van der Waals surface area contributed by atoms with Crippen LogP contribution < -0.4 is 54.1 Å². The molecule has 4 aromatic carbocycles. The quantitative estimate of drug-likeness (QED) is 0.0786. The second-order valence-electron chi connectivity index (χ2n) is 17.4. The van der Waals surface area contributed by atoms with E-state index in [2.05, 4.69) is 20.6 Å². The van der Waals surface area contributed by atoms with Gasteiger partial charge in [0.15, 0.2) is 34.6 Å². The Hall–Kier alpha value is -9.10. The molecule has 6 N–H and O–H groups in total. The van der Waals surface area contributed by atoms with Crippen molar-refractivity contribution < 1.29 is 46.1 Å². The summed E-state index contributed by atoms with van der Waals surface area (Å²) in [6, 6.07) is 19.4. The van der Waals surface area contributed by atoms with Crippen molar-refractivity contribution in [2.75, 3.05) is 48.5 Å². The number of amides is 2. The van der Waals surface area contributed by atoms with E-state index in [4.69, 9.17) is 53.6 Å². The number of anilines is 4. The van der Waals surface area contributed by atoms with Crippen molar-refractivity contribution in [3.8, 4) is 34.4 Å². The second-order valence-corrected chi connectivity index (χ2v) is 18.2. The van der Waals surface area contributed by atoms with Crippen LogP contribution >= 0.6 is 23.2 Å². The van der Waals surface area contributed by atoms with Crippen LogP contribution in [0.1, 0.15) is 20.7 Å². The van der Waals surface area contributed by atoms with Crippen molar-refractivity contribution in [2.45, 2.75) is 13.1 Å². The molecule has 8 aromatic rings. The zero-order valence-corrected chi connectivity index (χ0v) is 41.6. The molecule has 0 saturated carbocycles. The number of pyridine rings is 2. The molecular formula is C52H40Cl2F4N10O10. The molecule has 78 heavy (non-hydrogen) atoms. The number of carbonyl (C=O) groups excluding carboxylic acids is 2. The Morgan fingerprint density at radius 3 is 1.27 bits per heavy atom. The molecule has 0 aliphatic carbocycles. The Labute approximate surface area is 446 Å². The summed E-state index contributed by atoms with van der Waals surface area (Å²) in [6.07, 6.45) is 5.00. The first-order chi connectivity index (χ1) is 37.4. The van der Waals surface area contributed by atoms with Crippen LogP contribution in [0.4, 0.5) is 40.6 Å². The van der Waals surface area contributed by atoms with E-state index in [1.165, 1.54) is 82.2 Å². The van der Waals surface area contributed by atoms with Gasteiger partial charge in [-0.1, -0.05) is 23.2 Å². The Kier molecular flexibility index (Phi) is 15.9. The third kappa shape index (κ3) is 11.8. The van der Waals surface area contributed by atoms with Gasteiger partial charge in [0.25, 0.3) is 22.9 Å². The number of hydrogen-bond donors (Lipinski definition) is 4. The molecule has 26 heteroatoms. The summed E-state index contributed by atoms with van der Waals surface area (Å²) in [6.45, 7) is 2.10.